The number of aromatic carboxylic acids is 1. The van der Waals surface area contributed by atoms with E-state index in [9.17, 15) is 18.3 Å². The van der Waals surface area contributed by atoms with Gasteiger partial charge >= 0.3 is 5.97 Å². The number of hydrogen-bond donors (Lipinski definition) is 2. The van der Waals surface area contributed by atoms with E-state index in [0.717, 1.165) is 25.7 Å². The van der Waals surface area contributed by atoms with Crippen LogP contribution in [0.2, 0.25) is 0 Å². The SMILES string of the molecule is COC1CCC(c2nn(C)c(C(=O)O)c2NS(=O)(=O)Cc2ccc(C#N)cc2)CC1. The largest absolute Gasteiger partial charge is 0.476 e. The number of hydrogen-bond acceptors (Lipinski definition) is 6. The molecule has 1 aromatic heterocycles. The molecule has 30 heavy (non-hydrogen) atoms. The van der Waals surface area contributed by atoms with E-state index < -0.39 is 16.0 Å². The number of carboxylic acids is 1. The molecule has 1 aliphatic rings. The first-order valence-corrected chi connectivity index (χ1v) is 11.2. The number of nitrogens with zero attached hydrogens (tertiary/aromatic N) is 3. The first-order chi connectivity index (χ1) is 14.2. The van der Waals surface area contributed by atoms with Crippen LogP contribution in [0.3, 0.4) is 0 Å². The molecule has 1 aliphatic carbocycles. The molecule has 0 amide bonds. The Hall–Kier alpha value is -2.90. The summed E-state index contributed by atoms with van der Waals surface area (Å²) in [5.41, 5.74) is 1.21. The summed E-state index contributed by atoms with van der Waals surface area (Å²) < 4.78 is 34.7. The van der Waals surface area contributed by atoms with Crippen LogP contribution < -0.4 is 4.72 Å². The third-order valence-corrected chi connectivity index (χ3v) is 6.60. The van der Waals surface area contributed by atoms with E-state index >= 15 is 0 Å². The lowest BCUT2D eigenvalue weighted by Crippen LogP contribution is -2.22. The second-order valence-electron chi connectivity index (χ2n) is 7.42. The van der Waals surface area contributed by atoms with Crippen LogP contribution >= 0.6 is 0 Å². The molecule has 1 fully saturated rings. The number of methoxy groups -OCH3 is 1. The van der Waals surface area contributed by atoms with Gasteiger partial charge in [-0.25, -0.2) is 13.2 Å². The monoisotopic (exact) mass is 432 g/mol. The third kappa shape index (κ3) is 4.80. The molecule has 0 aliphatic heterocycles. The van der Waals surface area contributed by atoms with Crippen molar-refractivity contribution in [3.8, 4) is 6.07 Å². The topological polar surface area (TPSA) is 134 Å². The van der Waals surface area contributed by atoms with E-state index in [2.05, 4.69) is 9.82 Å². The van der Waals surface area contributed by atoms with Gasteiger partial charge in [-0.3, -0.25) is 9.40 Å². The number of rotatable bonds is 7. The van der Waals surface area contributed by atoms with Crippen LogP contribution in [-0.4, -0.2) is 42.5 Å². The van der Waals surface area contributed by atoms with Gasteiger partial charge < -0.3 is 9.84 Å². The number of aryl methyl sites for hydroxylation is 1. The summed E-state index contributed by atoms with van der Waals surface area (Å²) in [5, 5.41) is 22.9. The fourth-order valence-corrected chi connectivity index (χ4v) is 5.05. The van der Waals surface area contributed by atoms with Crippen molar-refractivity contribution >= 4 is 21.7 Å². The second-order valence-corrected chi connectivity index (χ2v) is 9.14. The van der Waals surface area contributed by atoms with Crippen molar-refractivity contribution in [1.29, 1.82) is 5.26 Å². The van der Waals surface area contributed by atoms with E-state index in [1.807, 2.05) is 6.07 Å². The maximum atomic E-state index is 12.8. The molecular formula is C20H24N4O5S. The summed E-state index contributed by atoms with van der Waals surface area (Å²) in [6.07, 6.45) is 3.23. The Morgan fingerprint density at radius 2 is 1.93 bits per heavy atom. The summed E-state index contributed by atoms with van der Waals surface area (Å²) in [4.78, 5) is 11.8. The molecule has 1 heterocycles. The number of nitriles is 1. The third-order valence-electron chi connectivity index (χ3n) is 5.37. The predicted octanol–water partition coefficient (Wildman–Crippen LogP) is 2.60. The molecule has 10 heteroatoms. The summed E-state index contributed by atoms with van der Waals surface area (Å²) >= 11 is 0. The molecule has 160 valence electrons. The highest BCUT2D eigenvalue weighted by Crippen LogP contribution is 2.38. The standard InChI is InChI=1S/C20H24N4O5S/c1-24-19(20(25)26)18(17(22-24)15-7-9-16(29-2)10-8-15)23-30(27,28)12-14-5-3-13(11-21)4-6-14/h3-6,15-16,23H,7-10,12H2,1-2H3,(H,25,26). The molecular weight excluding hydrogens is 408 g/mol. The van der Waals surface area contributed by atoms with Gasteiger partial charge in [-0.2, -0.15) is 10.4 Å². The number of carboxylic acid groups (broad SMARTS) is 1. The van der Waals surface area contributed by atoms with Gasteiger partial charge in [-0.1, -0.05) is 12.1 Å². The van der Waals surface area contributed by atoms with Gasteiger partial charge in [0.15, 0.2) is 5.69 Å². The van der Waals surface area contributed by atoms with Gasteiger partial charge in [-0.15, -0.1) is 0 Å². The smallest absolute Gasteiger partial charge is 0.356 e. The van der Waals surface area contributed by atoms with E-state index in [0.29, 0.717) is 16.8 Å². The molecule has 2 aromatic rings. The molecule has 0 saturated heterocycles. The van der Waals surface area contributed by atoms with E-state index in [1.165, 1.54) is 23.9 Å². The van der Waals surface area contributed by atoms with Crippen molar-refractivity contribution < 1.29 is 23.1 Å². The summed E-state index contributed by atoms with van der Waals surface area (Å²) in [6.45, 7) is 0. The average molecular weight is 433 g/mol. The highest BCUT2D eigenvalue weighted by molar-refractivity contribution is 7.91. The van der Waals surface area contributed by atoms with Crippen molar-refractivity contribution in [2.45, 2.75) is 43.5 Å². The van der Waals surface area contributed by atoms with Crippen molar-refractivity contribution in [2.24, 2.45) is 7.05 Å². The van der Waals surface area contributed by atoms with Gasteiger partial charge in [0.1, 0.15) is 5.69 Å². The summed E-state index contributed by atoms with van der Waals surface area (Å²) in [6, 6.07) is 8.18. The zero-order chi connectivity index (χ0) is 21.9. The summed E-state index contributed by atoms with van der Waals surface area (Å²) in [5.74, 6) is -1.65. The van der Waals surface area contributed by atoms with E-state index in [1.54, 1.807) is 19.2 Å². The number of aromatic nitrogens is 2. The van der Waals surface area contributed by atoms with Gasteiger partial charge in [0.25, 0.3) is 0 Å². The Balaban J connectivity index is 1.89. The van der Waals surface area contributed by atoms with Crippen LogP contribution in [0.25, 0.3) is 0 Å². The maximum absolute atomic E-state index is 12.8. The number of ether oxygens (including phenoxy) is 1. The van der Waals surface area contributed by atoms with Gasteiger partial charge in [0, 0.05) is 20.1 Å². The molecule has 0 atom stereocenters. The number of nitrogens with one attached hydrogen (secondary N) is 1. The summed E-state index contributed by atoms with van der Waals surface area (Å²) in [7, 11) is -0.745. The molecule has 0 bridgehead atoms. The average Bonchev–Trinajstić information content (AvgIpc) is 3.03. The highest BCUT2D eigenvalue weighted by atomic mass is 32.2. The Morgan fingerprint density at radius 3 is 2.47 bits per heavy atom. The maximum Gasteiger partial charge on any atom is 0.356 e. The number of benzene rings is 1. The van der Waals surface area contributed by atoms with Crippen molar-refractivity contribution in [1.82, 2.24) is 9.78 Å². The van der Waals surface area contributed by atoms with Gasteiger partial charge in [-0.05, 0) is 43.4 Å². The Bertz CT molecular complexity index is 1060. The molecule has 0 radical (unpaired) electrons. The van der Waals surface area contributed by atoms with Gasteiger partial charge in [0.2, 0.25) is 10.0 Å². The van der Waals surface area contributed by atoms with Crippen LogP contribution in [0.15, 0.2) is 24.3 Å². The molecule has 1 saturated carbocycles. The van der Waals surface area contributed by atoms with Crippen LogP contribution in [0.4, 0.5) is 5.69 Å². The van der Waals surface area contributed by atoms with Crippen molar-refractivity contribution in [3.63, 3.8) is 0 Å². The Labute approximate surface area is 175 Å². The predicted molar refractivity (Wildman–Crippen MR) is 110 cm³/mol. The van der Waals surface area contributed by atoms with Crippen molar-refractivity contribution in [2.75, 3.05) is 11.8 Å². The van der Waals surface area contributed by atoms with Crippen molar-refractivity contribution in [3.05, 3.63) is 46.8 Å². The number of anilines is 1. The lowest BCUT2D eigenvalue weighted by molar-refractivity contribution is 0.0655. The lowest BCUT2D eigenvalue weighted by Gasteiger charge is -2.27. The van der Waals surface area contributed by atoms with Crippen LogP contribution in [0, 0.1) is 11.3 Å². The van der Waals surface area contributed by atoms with E-state index in [4.69, 9.17) is 10.00 Å². The number of sulfonamides is 1. The molecule has 9 nitrogen and oxygen atoms in total. The van der Waals surface area contributed by atoms with Crippen LogP contribution in [-0.2, 0) is 27.6 Å². The van der Waals surface area contributed by atoms with Crippen LogP contribution in [0.5, 0.6) is 0 Å². The Kier molecular flexibility index (Phi) is 6.43. The zero-order valence-electron chi connectivity index (χ0n) is 16.8. The zero-order valence-corrected chi connectivity index (χ0v) is 17.6. The minimum absolute atomic E-state index is 0.0273. The lowest BCUT2D eigenvalue weighted by atomic mass is 9.84. The first-order valence-electron chi connectivity index (χ1n) is 9.56. The first kappa shape index (κ1) is 21.8. The quantitative estimate of drug-likeness (QED) is 0.687. The minimum atomic E-state index is -3.90. The molecule has 1 aromatic carbocycles. The molecule has 3 rings (SSSR count). The highest BCUT2D eigenvalue weighted by Gasteiger charge is 2.32. The Morgan fingerprint density at radius 1 is 1.30 bits per heavy atom. The molecule has 2 N–H and O–H groups in total. The van der Waals surface area contributed by atoms with E-state index in [-0.39, 0.29) is 29.2 Å². The fourth-order valence-electron chi connectivity index (χ4n) is 3.83. The number of carbonyl (C=O) groups is 1. The molecule has 0 unspecified atom stereocenters. The second kappa shape index (κ2) is 8.85. The molecule has 0 spiro atoms. The minimum Gasteiger partial charge on any atom is -0.476 e. The van der Waals surface area contributed by atoms with Gasteiger partial charge in [0.05, 0.1) is 29.2 Å². The van der Waals surface area contributed by atoms with Crippen LogP contribution in [0.1, 0.15) is 58.9 Å². The normalized spacial score (nSPS) is 19.2. The fraction of sp³-hybridized carbons (Fsp3) is 0.450.